The Kier molecular flexibility index (Phi) is 5.86. The smallest absolute Gasteiger partial charge is 0.242 e. The van der Waals surface area contributed by atoms with E-state index in [1.54, 1.807) is 16.0 Å². The SMILES string of the molecule is CCN1CCN(C(N)=S)CC1=O.N=C1CCOc2cccnc21.[HH]. The van der Waals surface area contributed by atoms with E-state index in [1.807, 2.05) is 19.1 Å². The largest absolute Gasteiger partial charge is 0.491 e. The highest BCUT2D eigenvalue weighted by molar-refractivity contribution is 7.80. The molecule has 3 heterocycles. The van der Waals surface area contributed by atoms with Gasteiger partial charge >= 0.3 is 0 Å². The summed E-state index contributed by atoms with van der Waals surface area (Å²) >= 11 is 4.78. The molecule has 0 aromatic carbocycles. The number of pyridine rings is 1. The number of ether oxygens (including phenoxy) is 1. The highest BCUT2D eigenvalue weighted by Crippen LogP contribution is 2.20. The number of nitrogens with zero attached hydrogens (tertiary/aromatic N) is 3. The van der Waals surface area contributed by atoms with Gasteiger partial charge in [0.1, 0.15) is 11.4 Å². The van der Waals surface area contributed by atoms with Gasteiger partial charge in [0.2, 0.25) is 5.91 Å². The fourth-order valence-electron chi connectivity index (χ4n) is 2.35. The molecule has 0 bridgehead atoms. The zero-order valence-corrected chi connectivity index (χ0v) is 13.9. The molecule has 8 heteroatoms. The van der Waals surface area contributed by atoms with Gasteiger partial charge in [0, 0.05) is 33.7 Å². The number of rotatable bonds is 1. The first kappa shape index (κ1) is 17.1. The molecule has 1 amide bonds. The molecule has 2 aliphatic rings. The summed E-state index contributed by atoms with van der Waals surface area (Å²) in [5.74, 6) is 0.848. The normalized spacial score (nSPS) is 16.9. The minimum absolute atomic E-state index is 0. The summed E-state index contributed by atoms with van der Waals surface area (Å²) in [6, 6.07) is 3.66. The van der Waals surface area contributed by atoms with Gasteiger partial charge in [-0.15, -0.1) is 0 Å². The number of fused-ring (bicyclic) bond motifs is 1. The van der Waals surface area contributed by atoms with Gasteiger partial charge in [-0.3, -0.25) is 9.78 Å². The number of carbonyl (C=O) groups is 1. The molecule has 0 radical (unpaired) electrons. The van der Waals surface area contributed by atoms with E-state index in [-0.39, 0.29) is 7.33 Å². The molecule has 7 nitrogen and oxygen atoms in total. The maximum Gasteiger partial charge on any atom is 0.242 e. The molecule has 3 rings (SSSR count). The minimum atomic E-state index is 0. The molecule has 23 heavy (non-hydrogen) atoms. The number of amides is 1. The van der Waals surface area contributed by atoms with Crippen LogP contribution in [0.15, 0.2) is 18.3 Å². The molecule has 0 atom stereocenters. The van der Waals surface area contributed by atoms with Crippen LogP contribution in [0.2, 0.25) is 0 Å². The Balaban J connectivity index is 0.000000231. The van der Waals surface area contributed by atoms with Crippen molar-refractivity contribution in [1.82, 2.24) is 14.8 Å². The Labute approximate surface area is 142 Å². The van der Waals surface area contributed by atoms with Crippen molar-refractivity contribution in [2.24, 2.45) is 5.73 Å². The predicted octanol–water partition coefficient (Wildman–Crippen LogP) is 0.872. The Hall–Kier alpha value is -2.22. The number of aromatic nitrogens is 1. The molecule has 2 aliphatic heterocycles. The molecule has 0 saturated carbocycles. The number of nitrogens with one attached hydrogen (secondary N) is 1. The number of hydrogen-bond acceptors (Lipinski definition) is 5. The van der Waals surface area contributed by atoms with E-state index < -0.39 is 0 Å². The number of nitrogens with two attached hydrogens (primary N) is 1. The van der Waals surface area contributed by atoms with Crippen LogP contribution in [0.4, 0.5) is 0 Å². The lowest BCUT2D eigenvalue weighted by Gasteiger charge is -2.33. The molecule has 1 fully saturated rings. The summed E-state index contributed by atoms with van der Waals surface area (Å²) in [5, 5.41) is 7.85. The third-order valence-corrected chi connectivity index (χ3v) is 3.94. The van der Waals surface area contributed by atoms with Crippen LogP contribution >= 0.6 is 12.2 Å². The Bertz CT molecular complexity index is 613. The lowest BCUT2D eigenvalue weighted by Crippen LogP contribution is -2.53. The first-order valence-electron chi connectivity index (χ1n) is 7.50. The average molecular weight is 337 g/mol. The highest BCUT2D eigenvalue weighted by atomic mass is 32.1. The van der Waals surface area contributed by atoms with Gasteiger partial charge in [-0.2, -0.15) is 0 Å². The quantitative estimate of drug-likeness (QED) is 0.739. The van der Waals surface area contributed by atoms with Crippen LogP contribution in [-0.2, 0) is 4.79 Å². The van der Waals surface area contributed by atoms with Gasteiger partial charge in [-0.1, -0.05) is 0 Å². The molecule has 0 unspecified atom stereocenters. The standard InChI is InChI=1S/C8H8N2O.C7H13N3OS.H2/c9-6-3-5-11-7-2-1-4-10-8(6)7;1-2-9-3-4-10(7(8)12)5-6(9)11;/h1-2,4,9H,3,5H2;2-5H2,1H3,(H2,8,12);1H. The van der Waals surface area contributed by atoms with Crippen molar-refractivity contribution in [2.45, 2.75) is 13.3 Å². The second-order valence-corrected chi connectivity index (χ2v) is 5.58. The van der Waals surface area contributed by atoms with E-state index in [0.717, 1.165) is 25.4 Å². The van der Waals surface area contributed by atoms with E-state index in [4.69, 9.17) is 28.1 Å². The van der Waals surface area contributed by atoms with Crippen molar-refractivity contribution in [3.8, 4) is 5.75 Å². The highest BCUT2D eigenvalue weighted by Gasteiger charge is 2.22. The number of piperazine rings is 1. The molecule has 1 aromatic heterocycles. The average Bonchev–Trinajstić information content (AvgIpc) is 2.56. The Morgan fingerprint density at radius 2 is 2.35 bits per heavy atom. The summed E-state index contributed by atoms with van der Waals surface area (Å²) < 4.78 is 5.29. The maximum absolute atomic E-state index is 11.3. The molecular weight excluding hydrogens is 314 g/mol. The van der Waals surface area contributed by atoms with Crippen LogP contribution in [0.3, 0.4) is 0 Å². The molecule has 1 aromatic rings. The van der Waals surface area contributed by atoms with Crippen molar-refractivity contribution in [3.63, 3.8) is 0 Å². The minimum Gasteiger partial charge on any atom is -0.491 e. The number of likely N-dealkylation sites (N-methyl/N-ethyl adjacent to an activating group) is 1. The van der Waals surface area contributed by atoms with Crippen molar-refractivity contribution < 1.29 is 11.0 Å². The van der Waals surface area contributed by atoms with E-state index in [1.165, 1.54) is 0 Å². The summed E-state index contributed by atoms with van der Waals surface area (Å²) in [5.41, 5.74) is 6.67. The monoisotopic (exact) mass is 337 g/mol. The van der Waals surface area contributed by atoms with Crippen molar-refractivity contribution in [1.29, 1.82) is 5.41 Å². The van der Waals surface area contributed by atoms with Gasteiger partial charge < -0.3 is 25.7 Å². The summed E-state index contributed by atoms with van der Waals surface area (Å²) in [6.07, 6.45) is 2.35. The van der Waals surface area contributed by atoms with Crippen LogP contribution in [-0.4, -0.2) is 64.3 Å². The summed E-state index contributed by atoms with van der Waals surface area (Å²) in [7, 11) is 0. The molecule has 1 saturated heterocycles. The fourth-order valence-corrected chi connectivity index (χ4v) is 2.50. The third kappa shape index (κ3) is 4.38. The molecule has 0 spiro atoms. The second kappa shape index (κ2) is 7.87. The molecule has 3 N–H and O–H groups in total. The second-order valence-electron chi connectivity index (χ2n) is 5.16. The van der Waals surface area contributed by atoms with Gasteiger partial charge in [-0.05, 0) is 31.3 Å². The van der Waals surface area contributed by atoms with Gasteiger partial charge in [-0.25, -0.2) is 0 Å². The topological polar surface area (TPSA) is 95.5 Å². The first-order valence-corrected chi connectivity index (χ1v) is 7.91. The zero-order valence-electron chi connectivity index (χ0n) is 13.1. The predicted molar refractivity (Wildman–Crippen MR) is 93.9 cm³/mol. The molecular formula is C15H23N5O2S. The summed E-state index contributed by atoms with van der Waals surface area (Å²) in [4.78, 5) is 18.9. The maximum atomic E-state index is 11.3. The van der Waals surface area contributed by atoms with E-state index in [0.29, 0.717) is 36.1 Å². The van der Waals surface area contributed by atoms with Gasteiger partial charge in [0.25, 0.3) is 0 Å². The Morgan fingerprint density at radius 1 is 1.57 bits per heavy atom. The van der Waals surface area contributed by atoms with Crippen LogP contribution in [0, 0.1) is 5.41 Å². The van der Waals surface area contributed by atoms with E-state index in [9.17, 15) is 4.79 Å². The van der Waals surface area contributed by atoms with Crippen LogP contribution in [0.5, 0.6) is 5.75 Å². The van der Waals surface area contributed by atoms with Crippen molar-refractivity contribution in [2.75, 3.05) is 32.8 Å². The lowest BCUT2D eigenvalue weighted by atomic mass is 10.1. The van der Waals surface area contributed by atoms with E-state index in [2.05, 4.69) is 4.98 Å². The zero-order chi connectivity index (χ0) is 16.8. The van der Waals surface area contributed by atoms with Crippen LogP contribution in [0.25, 0.3) is 0 Å². The van der Waals surface area contributed by atoms with Crippen LogP contribution in [0.1, 0.15) is 20.5 Å². The lowest BCUT2D eigenvalue weighted by molar-refractivity contribution is -0.134. The molecule has 0 aliphatic carbocycles. The van der Waals surface area contributed by atoms with Gasteiger partial charge in [0.05, 0.1) is 18.9 Å². The van der Waals surface area contributed by atoms with Crippen LogP contribution < -0.4 is 10.5 Å². The first-order chi connectivity index (χ1) is 11.0. The third-order valence-electron chi connectivity index (χ3n) is 3.68. The summed E-state index contributed by atoms with van der Waals surface area (Å²) in [6.45, 7) is 5.17. The number of carbonyl (C=O) groups excluding carboxylic acids is 1. The number of thiocarbonyl (C=S) groups is 1. The van der Waals surface area contributed by atoms with Crippen molar-refractivity contribution in [3.05, 3.63) is 24.0 Å². The van der Waals surface area contributed by atoms with E-state index >= 15 is 0 Å². The van der Waals surface area contributed by atoms with Gasteiger partial charge in [0.15, 0.2) is 5.11 Å². The fraction of sp³-hybridized carbons (Fsp3) is 0.467. The van der Waals surface area contributed by atoms with Crippen molar-refractivity contribution >= 4 is 28.9 Å². The molecule has 126 valence electrons. The number of hydrogen-bond donors (Lipinski definition) is 2. The Morgan fingerprint density at radius 3 is 2.96 bits per heavy atom.